The van der Waals surface area contributed by atoms with Gasteiger partial charge in [0, 0.05) is 36.5 Å². The summed E-state index contributed by atoms with van der Waals surface area (Å²) in [4.78, 5) is 38.8. The van der Waals surface area contributed by atoms with Crippen molar-refractivity contribution in [1.82, 2.24) is 14.8 Å². The van der Waals surface area contributed by atoms with Crippen LogP contribution in [0.3, 0.4) is 0 Å². The zero-order valence-corrected chi connectivity index (χ0v) is 15.7. The summed E-state index contributed by atoms with van der Waals surface area (Å²) < 4.78 is 1.62. The SMILES string of the molecule is Cc1cccc(C(=O)NCc2cc(=O)c(O)c3n2CCN(C(C)C)C3=O)c1. The van der Waals surface area contributed by atoms with E-state index in [4.69, 9.17) is 0 Å². The topological polar surface area (TPSA) is 91.6 Å². The third kappa shape index (κ3) is 3.58. The molecular formula is C20H23N3O4. The molecule has 1 aromatic heterocycles. The average Bonchev–Trinajstić information content (AvgIpc) is 2.62. The Bertz CT molecular complexity index is 962. The van der Waals surface area contributed by atoms with E-state index in [1.807, 2.05) is 26.8 Å². The molecule has 0 atom stereocenters. The summed E-state index contributed by atoms with van der Waals surface area (Å²) in [6, 6.07) is 8.43. The summed E-state index contributed by atoms with van der Waals surface area (Å²) in [6.45, 7) is 6.68. The van der Waals surface area contributed by atoms with Crippen molar-refractivity contribution in [3.8, 4) is 5.75 Å². The van der Waals surface area contributed by atoms with Crippen molar-refractivity contribution in [3.63, 3.8) is 0 Å². The number of pyridine rings is 1. The molecule has 0 bridgehead atoms. The van der Waals surface area contributed by atoms with E-state index in [2.05, 4.69) is 5.32 Å². The van der Waals surface area contributed by atoms with Gasteiger partial charge in [-0.05, 0) is 32.9 Å². The van der Waals surface area contributed by atoms with Gasteiger partial charge in [-0.3, -0.25) is 14.4 Å². The molecule has 27 heavy (non-hydrogen) atoms. The van der Waals surface area contributed by atoms with Crippen LogP contribution in [-0.2, 0) is 13.1 Å². The number of hydrogen-bond acceptors (Lipinski definition) is 4. The van der Waals surface area contributed by atoms with E-state index >= 15 is 0 Å². The number of aryl methyl sites for hydroxylation is 1. The zero-order chi connectivity index (χ0) is 19.7. The first kappa shape index (κ1) is 18.7. The first-order chi connectivity index (χ1) is 12.8. The van der Waals surface area contributed by atoms with Crippen molar-refractivity contribution < 1.29 is 14.7 Å². The highest BCUT2D eigenvalue weighted by Gasteiger charge is 2.31. The van der Waals surface area contributed by atoms with E-state index < -0.39 is 11.2 Å². The molecule has 0 unspecified atom stereocenters. The molecule has 0 spiro atoms. The smallest absolute Gasteiger partial charge is 0.274 e. The Morgan fingerprint density at radius 1 is 1.22 bits per heavy atom. The monoisotopic (exact) mass is 369 g/mol. The van der Waals surface area contributed by atoms with Crippen LogP contribution in [0.5, 0.6) is 5.75 Å². The molecule has 2 heterocycles. The third-order valence-electron chi connectivity index (χ3n) is 4.73. The quantitative estimate of drug-likeness (QED) is 0.857. The van der Waals surface area contributed by atoms with Gasteiger partial charge in [-0.25, -0.2) is 0 Å². The highest BCUT2D eigenvalue weighted by Crippen LogP contribution is 2.22. The highest BCUT2D eigenvalue weighted by atomic mass is 16.3. The van der Waals surface area contributed by atoms with Crippen molar-refractivity contribution in [1.29, 1.82) is 0 Å². The van der Waals surface area contributed by atoms with Crippen LogP contribution in [0.25, 0.3) is 0 Å². The Hall–Kier alpha value is -3.09. The molecule has 7 nitrogen and oxygen atoms in total. The van der Waals surface area contributed by atoms with Crippen molar-refractivity contribution in [2.45, 2.75) is 39.9 Å². The normalized spacial score (nSPS) is 13.6. The third-order valence-corrected chi connectivity index (χ3v) is 4.73. The number of hydrogen-bond donors (Lipinski definition) is 2. The van der Waals surface area contributed by atoms with E-state index in [0.29, 0.717) is 24.3 Å². The lowest BCUT2D eigenvalue weighted by molar-refractivity contribution is 0.0639. The van der Waals surface area contributed by atoms with Gasteiger partial charge >= 0.3 is 0 Å². The number of aromatic hydroxyl groups is 1. The van der Waals surface area contributed by atoms with Crippen molar-refractivity contribution in [2.75, 3.05) is 6.54 Å². The summed E-state index contributed by atoms with van der Waals surface area (Å²) >= 11 is 0. The summed E-state index contributed by atoms with van der Waals surface area (Å²) in [5.74, 6) is -1.18. The van der Waals surface area contributed by atoms with Crippen LogP contribution in [-0.4, -0.2) is 39.0 Å². The molecule has 142 valence electrons. The van der Waals surface area contributed by atoms with Crippen molar-refractivity contribution in [3.05, 3.63) is 63.1 Å². The molecule has 1 aliphatic heterocycles. The van der Waals surface area contributed by atoms with Gasteiger partial charge < -0.3 is 19.9 Å². The van der Waals surface area contributed by atoms with E-state index in [0.717, 1.165) is 5.56 Å². The Morgan fingerprint density at radius 2 is 1.96 bits per heavy atom. The maximum atomic E-state index is 12.7. The summed E-state index contributed by atoms with van der Waals surface area (Å²) in [7, 11) is 0. The van der Waals surface area contributed by atoms with Crippen LogP contribution >= 0.6 is 0 Å². The van der Waals surface area contributed by atoms with Crippen molar-refractivity contribution >= 4 is 11.8 Å². The molecule has 2 N–H and O–H groups in total. The number of carbonyl (C=O) groups is 2. The highest BCUT2D eigenvalue weighted by molar-refractivity contribution is 5.96. The molecule has 7 heteroatoms. The van der Waals surface area contributed by atoms with Gasteiger partial charge in [-0.2, -0.15) is 0 Å². The first-order valence-corrected chi connectivity index (χ1v) is 8.91. The van der Waals surface area contributed by atoms with E-state index in [1.54, 1.807) is 27.7 Å². The maximum absolute atomic E-state index is 12.7. The number of nitrogens with zero attached hydrogens (tertiary/aromatic N) is 2. The van der Waals surface area contributed by atoms with Gasteiger partial charge in [0.05, 0.1) is 6.54 Å². The number of aromatic nitrogens is 1. The van der Waals surface area contributed by atoms with Crippen LogP contribution in [0.15, 0.2) is 35.1 Å². The minimum absolute atomic E-state index is 0.0118. The Balaban J connectivity index is 1.89. The molecule has 1 aromatic carbocycles. The van der Waals surface area contributed by atoms with Gasteiger partial charge in [-0.15, -0.1) is 0 Å². The lowest BCUT2D eigenvalue weighted by Crippen LogP contribution is -2.46. The van der Waals surface area contributed by atoms with Crippen molar-refractivity contribution in [2.24, 2.45) is 0 Å². The molecule has 0 saturated carbocycles. The van der Waals surface area contributed by atoms with Crippen LogP contribution in [0.1, 0.15) is 46.0 Å². The van der Waals surface area contributed by atoms with Gasteiger partial charge in [-0.1, -0.05) is 17.7 Å². The van der Waals surface area contributed by atoms with Gasteiger partial charge in [0.25, 0.3) is 11.8 Å². The molecule has 0 radical (unpaired) electrons. The minimum Gasteiger partial charge on any atom is -0.503 e. The molecule has 1 aliphatic rings. The maximum Gasteiger partial charge on any atom is 0.274 e. The predicted octanol–water partition coefficient (Wildman–Crippen LogP) is 1.66. The fourth-order valence-electron chi connectivity index (χ4n) is 3.30. The number of rotatable bonds is 4. The number of nitrogens with one attached hydrogen (secondary N) is 1. The second-order valence-electron chi connectivity index (χ2n) is 6.99. The van der Waals surface area contributed by atoms with Crippen LogP contribution in [0.2, 0.25) is 0 Å². The number of carbonyl (C=O) groups excluding carboxylic acids is 2. The molecule has 0 aliphatic carbocycles. The fourth-order valence-corrected chi connectivity index (χ4v) is 3.30. The molecule has 3 rings (SSSR count). The van der Waals surface area contributed by atoms with E-state index in [-0.39, 0.29) is 30.1 Å². The Morgan fingerprint density at radius 3 is 2.63 bits per heavy atom. The molecule has 2 aromatic rings. The van der Waals surface area contributed by atoms with Gasteiger partial charge in [0.2, 0.25) is 5.43 Å². The molecule has 2 amide bonds. The van der Waals surface area contributed by atoms with Crippen LogP contribution in [0.4, 0.5) is 0 Å². The standard InChI is InChI=1S/C20H23N3O4/c1-12(2)22-7-8-23-15(10-16(24)18(25)17(23)20(22)27)11-21-19(26)14-6-4-5-13(3)9-14/h4-6,9-10,12,25H,7-8,11H2,1-3H3,(H,21,26). The van der Waals surface area contributed by atoms with Gasteiger partial charge in [0.1, 0.15) is 0 Å². The van der Waals surface area contributed by atoms with Crippen LogP contribution < -0.4 is 10.7 Å². The fraction of sp³-hybridized carbons (Fsp3) is 0.350. The summed E-state index contributed by atoms with van der Waals surface area (Å²) in [5, 5.41) is 12.9. The molecule has 0 fully saturated rings. The molecular weight excluding hydrogens is 346 g/mol. The lowest BCUT2D eigenvalue weighted by Gasteiger charge is -2.34. The summed E-state index contributed by atoms with van der Waals surface area (Å²) in [5.41, 5.74) is 1.35. The second kappa shape index (κ2) is 7.26. The Labute approximate surface area is 157 Å². The summed E-state index contributed by atoms with van der Waals surface area (Å²) in [6.07, 6.45) is 0. The zero-order valence-electron chi connectivity index (χ0n) is 15.7. The van der Waals surface area contributed by atoms with Crippen LogP contribution in [0, 0.1) is 6.92 Å². The van der Waals surface area contributed by atoms with E-state index in [1.165, 1.54) is 6.07 Å². The number of fused-ring (bicyclic) bond motifs is 1. The average molecular weight is 369 g/mol. The minimum atomic E-state index is -0.625. The van der Waals surface area contributed by atoms with E-state index in [9.17, 15) is 19.5 Å². The Kier molecular flexibility index (Phi) is 5.03. The predicted molar refractivity (Wildman–Crippen MR) is 101 cm³/mol. The largest absolute Gasteiger partial charge is 0.503 e. The number of amides is 2. The number of benzene rings is 1. The first-order valence-electron chi connectivity index (χ1n) is 8.91. The molecule has 0 saturated heterocycles. The van der Waals surface area contributed by atoms with Gasteiger partial charge in [0.15, 0.2) is 11.4 Å². The lowest BCUT2D eigenvalue weighted by atomic mass is 10.1. The second-order valence-corrected chi connectivity index (χ2v) is 6.99.